The summed E-state index contributed by atoms with van der Waals surface area (Å²) in [5.41, 5.74) is 1.90. The second-order valence-electron chi connectivity index (χ2n) is 6.37. The van der Waals surface area contributed by atoms with Gasteiger partial charge in [-0.05, 0) is 43.3 Å². The molecule has 3 aromatic rings. The molecule has 0 bridgehead atoms. The Hall–Kier alpha value is -2.58. The largest absolute Gasteiger partial charge is 0.494 e. The van der Waals surface area contributed by atoms with Gasteiger partial charge in [-0.2, -0.15) is 4.31 Å². The van der Waals surface area contributed by atoms with E-state index in [1.165, 1.54) is 4.31 Å². The minimum atomic E-state index is -3.50. The minimum absolute atomic E-state index is 0.295. The van der Waals surface area contributed by atoms with E-state index in [9.17, 15) is 8.42 Å². The predicted molar refractivity (Wildman–Crippen MR) is 105 cm³/mol. The van der Waals surface area contributed by atoms with Gasteiger partial charge in [0, 0.05) is 26.2 Å². The lowest BCUT2D eigenvalue weighted by Gasteiger charge is -2.33. The molecule has 8 heteroatoms. The highest BCUT2D eigenvalue weighted by atomic mass is 32.2. The number of aromatic amines is 1. The van der Waals surface area contributed by atoms with E-state index in [0.29, 0.717) is 43.4 Å². The van der Waals surface area contributed by atoms with Crippen molar-refractivity contribution in [2.45, 2.75) is 11.8 Å². The molecule has 1 aliphatic heterocycles. The Balaban J connectivity index is 1.46. The summed E-state index contributed by atoms with van der Waals surface area (Å²) >= 11 is 0. The first kappa shape index (κ1) is 17.8. The second-order valence-corrected chi connectivity index (χ2v) is 8.31. The van der Waals surface area contributed by atoms with E-state index in [0.717, 1.165) is 17.0 Å². The first-order valence-corrected chi connectivity index (χ1v) is 10.4. The number of anilines is 1. The fourth-order valence-corrected chi connectivity index (χ4v) is 4.68. The average molecular weight is 386 g/mol. The topological polar surface area (TPSA) is 78.5 Å². The third kappa shape index (κ3) is 3.50. The smallest absolute Gasteiger partial charge is 0.243 e. The van der Waals surface area contributed by atoms with Crippen LogP contribution in [0.3, 0.4) is 0 Å². The van der Waals surface area contributed by atoms with E-state index in [1.54, 1.807) is 24.3 Å². The van der Waals surface area contributed by atoms with Crippen LogP contribution in [0.1, 0.15) is 6.92 Å². The van der Waals surface area contributed by atoms with Crippen molar-refractivity contribution in [3.05, 3.63) is 48.5 Å². The molecule has 1 aliphatic rings. The Bertz CT molecular complexity index is 990. The van der Waals surface area contributed by atoms with Crippen LogP contribution in [-0.2, 0) is 10.0 Å². The normalized spacial score (nSPS) is 16.0. The van der Waals surface area contributed by atoms with Gasteiger partial charge in [0.25, 0.3) is 0 Å². The summed E-state index contributed by atoms with van der Waals surface area (Å²) in [7, 11) is -3.50. The van der Waals surface area contributed by atoms with Crippen molar-refractivity contribution in [3.63, 3.8) is 0 Å². The number of aromatic nitrogens is 2. The van der Waals surface area contributed by atoms with Crippen LogP contribution >= 0.6 is 0 Å². The van der Waals surface area contributed by atoms with Crippen LogP contribution in [0.5, 0.6) is 5.75 Å². The molecular weight excluding hydrogens is 364 g/mol. The monoisotopic (exact) mass is 386 g/mol. The molecule has 1 saturated heterocycles. The summed E-state index contributed by atoms with van der Waals surface area (Å²) in [4.78, 5) is 10.3. The number of nitrogens with zero attached hydrogens (tertiary/aromatic N) is 3. The molecule has 142 valence electrons. The second kappa shape index (κ2) is 7.21. The highest BCUT2D eigenvalue weighted by Gasteiger charge is 2.29. The van der Waals surface area contributed by atoms with E-state index in [4.69, 9.17) is 4.74 Å². The Morgan fingerprint density at radius 2 is 1.74 bits per heavy atom. The highest BCUT2D eigenvalue weighted by molar-refractivity contribution is 7.89. The third-order valence-corrected chi connectivity index (χ3v) is 6.60. The zero-order valence-corrected chi connectivity index (χ0v) is 15.9. The number of hydrogen-bond acceptors (Lipinski definition) is 5. The first-order chi connectivity index (χ1) is 13.1. The van der Waals surface area contributed by atoms with Gasteiger partial charge in [0.1, 0.15) is 5.75 Å². The van der Waals surface area contributed by atoms with Gasteiger partial charge in [-0.3, -0.25) is 0 Å². The van der Waals surface area contributed by atoms with Gasteiger partial charge in [0.2, 0.25) is 16.0 Å². The van der Waals surface area contributed by atoms with E-state index in [1.807, 2.05) is 31.2 Å². The van der Waals surface area contributed by atoms with Gasteiger partial charge in [-0.25, -0.2) is 13.4 Å². The SMILES string of the molecule is CCOc1ccc(S(=O)(=O)N2CCN(c3nc4ccccc4[nH]3)CC2)cc1. The Morgan fingerprint density at radius 3 is 2.41 bits per heavy atom. The number of rotatable bonds is 5. The summed E-state index contributed by atoms with van der Waals surface area (Å²) in [5, 5.41) is 0. The number of nitrogens with one attached hydrogen (secondary N) is 1. The zero-order chi connectivity index (χ0) is 18.9. The van der Waals surface area contributed by atoms with Crippen molar-refractivity contribution in [1.82, 2.24) is 14.3 Å². The molecule has 2 heterocycles. The number of para-hydroxylation sites is 2. The van der Waals surface area contributed by atoms with Crippen LogP contribution in [-0.4, -0.2) is 55.5 Å². The van der Waals surface area contributed by atoms with Gasteiger partial charge < -0.3 is 14.6 Å². The molecule has 0 saturated carbocycles. The number of fused-ring (bicyclic) bond motifs is 1. The lowest BCUT2D eigenvalue weighted by Crippen LogP contribution is -2.49. The highest BCUT2D eigenvalue weighted by Crippen LogP contribution is 2.23. The van der Waals surface area contributed by atoms with Crippen LogP contribution in [0.2, 0.25) is 0 Å². The number of H-pyrrole nitrogens is 1. The molecule has 0 amide bonds. The molecule has 7 nitrogen and oxygen atoms in total. The summed E-state index contributed by atoms with van der Waals surface area (Å²) in [5.74, 6) is 1.46. The maximum absolute atomic E-state index is 12.9. The van der Waals surface area contributed by atoms with E-state index < -0.39 is 10.0 Å². The Morgan fingerprint density at radius 1 is 1.04 bits per heavy atom. The molecule has 0 atom stereocenters. The van der Waals surface area contributed by atoms with Crippen molar-refractivity contribution >= 4 is 27.0 Å². The van der Waals surface area contributed by atoms with Gasteiger partial charge in [0.05, 0.1) is 22.5 Å². The van der Waals surface area contributed by atoms with Crippen LogP contribution < -0.4 is 9.64 Å². The Kier molecular flexibility index (Phi) is 4.75. The maximum Gasteiger partial charge on any atom is 0.243 e. The molecule has 0 aliphatic carbocycles. The standard InChI is InChI=1S/C19H22N4O3S/c1-2-26-15-7-9-16(10-8-15)27(24,25)23-13-11-22(12-14-23)19-20-17-5-3-4-6-18(17)21-19/h3-10H,2,11-14H2,1H3,(H,20,21). The summed E-state index contributed by atoms with van der Waals surface area (Å²) in [6.07, 6.45) is 0. The van der Waals surface area contributed by atoms with Crippen molar-refractivity contribution in [2.75, 3.05) is 37.7 Å². The number of imidazole rings is 1. The molecule has 2 aromatic carbocycles. The summed E-state index contributed by atoms with van der Waals surface area (Å²) in [6, 6.07) is 14.5. The van der Waals surface area contributed by atoms with Gasteiger partial charge in [0.15, 0.2) is 0 Å². The minimum Gasteiger partial charge on any atom is -0.494 e. The number of benzene rings is 2. The molecule has 1 N–H and O–H groups in total. The quantitative estimate of drug-likeness (QED) is 0.729. The van der Waals surface area contributed by atoms with Crippen LogP contribution in [0.25, 0.3) is 11.0 Å². The van der Waals surface area contributed by atoms with Crippen molar-refractivity contribution in [1.29, 1.82) is 0 Å². The molecule has 0 unspecified atom stereocenters. The fraction of sp³-hybridized carbons (Fsp3) is 0.316. The molecule has 27 heavy (non-hydrogen) atoms. The van der Waals surface area contributed by atoms with Crippen molar-refractivity contribution in [3.8, 4) is 5.75 Å². The molecule has 0 spiro atoms. The summed E-state index contributed by atoms with van der Waals surface area (Å²) < 4.78 is 32.7. The van der Waals surface area contributed by atoms with Crippen LogP contribution in [0.15, 0.2) is 53.4 Å². The predicted octanol–water partition coefficient (Wildman–Crippen LogP) is 2.47. The fourth-order valence-electron chi connectivity index (χ4n) is 3.25. The molecule has 1 fully saturated rings. The van der Waals surface area contributed by atoms with E-state index >= 15 is 0 Å². The third-order valence-electron chi connectivity index (χ3n) is 4.69. The lowest BCUT2D eigenvalue weighted by atomic mass is 10.3. The number of piperazine rings is 1. The molecule has 4 rings (SSSR count). The zero-order valence-electron chi connectivity index (χ0n) is 15.1. The first-order valence-electron chi connectivity index (χ1n) is 9.00. The van der Waals surface area contributed by atoms with Crippen LogP contribution in [0, 0.1) is 0 Å². The van der Waals surface area contributed by atoms with Crippen molar-refractivity contribution in [2.24, 2.45) is 0 Å². The summed E-state index contributed by atoms with van der Waals surface area (Å²) in [6.45, 7) is 4.48. The Labute approximate surface area is 158 Å². The van der Waals surface area contributed by atoms with Gasteiger partial charge in [-0.15, -0.1) is 0 Å². The van der Waals surface area contributed by atoms with Gasteiger partial charge in [-0.1, -0.05) is 12.1 Å². The van der Waals surface area contributed by atoms with Crippen molar-refractivity contribution < 1.29 is 13.2 Å². The number of sulfonamides is 1. The maximum atomic E-state index is 12.9. The average Bonchev–Trinajstić information content (AvgIpc) is 3.13. The van der Waals surface area contributed by atoms with Crippen LogP contribution in [0.4, 0.5) is 5.95 Å². The van der Waals surface area contributed by atoms with E-state index in [-0.39, 0.29) is 0 Å². The van der Waals surface area contributed by atoms with Gasteiger partial charge >= 0.3 is 0 Å². The number of ether oxygens (including phenoxy) is 1. The number of hydrogen-bond donors (Lipinski definition) is 1. The lowest BCUT2D eigenvalue weighted by molar-refractivity contribution is 0.340. The molecule has 1 aromatic heterocycles. The van der Waals surface area contributed by atoms with E-state index in [2.05, 4.69) is 14.9 Å². The molecular formula is C19H22N4O3S. The molecule has 0 radical (unpaired) electrons.